The van der Waals surface area contributed by atoms with Gasteiger partial charge in [0.15, 0.2) is 38.1 Å². The summed E-state index contributed by atoms with van der Waals surface area (Å²) in [5.74, 6) is 2.77. The second-order valence-corrected chi connectivity index (χ2v) is 23.6. The number of halogens is 4. The molecule has 0 saturated carbocycles. The molecule has 4 saturated heterocycles. The second kappa shape index (κ2) is 34.2. The number of amidine groups is 2. The number of guanidine groups is 2. The molecule has 8 heterocycles. The van der Waals surface area contributed by atoms with Gasteiger partial charge in [0.1, 0.15) is 29.5 Å². The van der Waals surface area contributed by atoms with E-state index in [-0.39, 0.29) is 19.4 Å². The predicted octanol–water partition coefficient (Wildman–Crippen LogP) is 7.58. The van der Waals surface area contributed by atoms with Crippen LogP contribution in [0, 0.1) is 59.2 Å². The van der Waals surface area contributed by atoms with Gasteiger partial charge in [0.25, 0.3) is 11.9 Å². The highest BCUT2D eigenvalue weighted by Gasteiger charge is 2.27. The number of hydrazone groups is 3. The van der Waals surface area contributed by atoms with Gasteiger partial charge in [0.05, 0.1) is 37.1 Å². The van der Waals surface area contributed by atoms with Crippen molar-refractivity contribution < 1.29 is 24.6 Å². The van der Waals surface area contributed by atoms with E-state index in [9.17, 15) is 30.3 Å². The molecule has 28 nitrogen and oxygen atoms in total. The molecule has 0 radical (unpaired) electrons. The molecule has 416 valence electrons. The van der Waals surface area contributed by atoms with Gasteiger partial charge in [-0.3, -0.25) is 0 Å². The molecule has 0 bridgehead atoms. The number of nitriles is 2. The van der Waals surface area contributed by atoms with Crippen LogP contribution in [-0.4, -0.2) is 161 Å². The minimum absolute atomic E-state index is 0.243. The van der Waals surface area contributed by atoms with Crippen molar-refractivity contribution in [2.45, 2.75) is 59.2 Å². The van der Waals surface area contributed by atoms with E-state index in [1.165, 1.54) is 45.3 Å². The fourth-order valence-corrected chi connectivity index (χ4v) is 11.6. The van der Waals surface area contributed by atoms with E-state index in [4.69, 9.17) is 66.4 Å². The van der Waals surface area contributed by atoms with Gasteiger partial charge in [-0.15, -0.1) is 50.3 Å². The first-order valence-electron chi connectivity index (χ1n) is 22.5. The number of nitro groups is 3. The van der Waals surface area contributed by atoms with E-state index in [1.807, 2.05) is 30.0 Å². The van der Waals surface area contributed by atoms with Gasteiger partial charge in [-0.2, -0.15) is 15.5 Å². The molecule has 0 amide bonds. The molecule has 0 aromatic carbocycles. The molecule has 0 aliphatic carbocycles. The molecule has 4 aliphatic rings. The minimum atomic E-state index is -0.718. The molecule has 0 spiro atoms. The van der Waals surface area contributed by atoms with Crippen LogP contribution in [0.4, 0.5) is 0 Å². The van der Waals surface area contributed by atoms with Crippen molar-refractivity contribution in [3.05, 3.63) is 92.5 Å². The Morgan fingerprint density at radius 1 is 0.831 bits per heavy atom. The Kier molecular flexibility index (Phi) is 28.4. The van der Waals surface area contributed by atoms with E-state index in [0.29, 0.717) is 73.6 Å². The second-order valence-electron chi connectivity index (χ2n) is 15.7. The standard InChI is InChI=1S/C8H10ClN5O3S.C8H7ClN4S2.C8H9ClN4S.C8H10ClN3O2S.C8H14N4O3/c1-12-4-17-5-13(8(12)11-14(15)16)3-6-2-10-7(9)18-6;9-7-11-3-6(15-7)4-13-1-2-14-8(13)12-5-10;1-6(12-5-10)13(2)4-7-3-11-8(9)14-7;1-2-6(11-12(13)14)3-4-7-5-10-8(9)15-7;13-12(14)10-8-9-2-3-11(8)5-7-1-4-15-6-7/h2H,3-5H2,1H3;3H,1-2,4H2;3H,4H2,1-2H3;5H,2-4H2,1H3;7H,1-6H2,(H,9,10). The van der Waals surface area contributed by atoms with E-state index < -0.39 is 15.1 Å². The van der Waals surface area contributed by atoms with E-state index >= 15 is 0 Å². The van der Waals surface area contributed by atoms with E-state index in [0.717, 1.165) is 82.8 Å². The fraction of sp³-hybridized carbons (Fsp3) is 0.525. The smallest absolute Gasteiger partial charge is 0.277 e. The molecule has 1 N–H and O–H groups in total. The number of aromatic nitrogens is 4. The number of ether oxygens (including phenoxy) is 2. The monoisotopic (exact) mass is 1240 g/mol. The van der Waals surface area contributed by atoms with E-state index in [2.05, 4.69) is 55.4 Å². The lowest BCUT2D eigenvalue weighted by molar-refractivity contribution is -0.486. The molecule has 4 aromatic rings. The molecule has 4 aliphatic heterocycles. The molecular formula is C40H50Cl4N20O8S5. The van der Waals surface area contributed by atoms with Crippen molar-refractivity contribution in [3.8, 4) is 12.4 Å². The molecule has 8 rings (SSSR count). The lowest BCUT2D eigenvalue weighted by atomic mass is 10.1. The van der Waals surface area contributed by atoms with Gasteiger partial charge in [0, 0.05) is 103 Å². The summed E-state index contributed by atoms with van der Waals surface area (Å²) in [5, 5.41) is 59.5. The van der Waals surface area contributed by atoms with Crippen molar-refractivity contribution in [3.63, 3.8) is 0 Å². The third-order valence-corrected chi connectivity index (χ3v) is 15.7. The van der Waals surface area contributed by atoms with Crippen molar-refractivity contribution in [2.24, 2.45) is 31.2 Å². The highest BCUT2D eigenvalue weighted by Crippen LogP contribution is 2.25. The zero-order valence-corrected chi connectivity index (χ0v) is 48.6. The van der Waals surface area contributed by atoms with Crippen LogP contribution in [0.15, 0.2) is 50.1 Å². The van der Waals surface area contributed by atoms with Crippen LogP contribution >= 0.6 is 104 Å². The van der Waals surface area contributed by atoms with Crippen molar-refractivity contribution in [2.75, 3.05) is 72.7 Å². The molecule has 77 heavy (non-hydrogen) atoms. The number of hydrogen-bond acceptors (Lipinski definition) is 21. The Bertz CT molecular complexity index is 2790. The molecular weight excluding hydrogens is 1190 g/mol. The number of nitrogens with one attached hydrogen (secondary N) is 1. The first-order chi connectivity index (χ1) is 36.8. The predicted molar refractivity (Wildman–Crippen MR) is 299 cm³/mol. The Balaban J connectivity index is 0.000000208. The summed E-state index contributed by atoms with van der Waals surface area (Å²) in [4.78, 5) is 67.2. The number of thiazole rings is 4. The summed E-state index contributed by atoms with van der Waals surface area (Å²) in [6.07, 6.45) is 13.3. The first kappa shape index (κ1) is 63.8. The third kappa shape index (κ3) is 24.2. The van der Waals surface area contributed by atoms with Gasteiger partial charge in [-0.1, -0.05) is 65.1 Å². The normalized spacial score (nSPS) is 17.7. The fourth-order valence-electron chi connectivity index (χ4n) is 6.65. The number of aryl methyl sites for hydroxylation is 1. The number of hydrogen-bond donors (Lipinski definition) is 1. The molecule has 1 unspecified atom stereocenters. The van der Waals surface area contributed by atoms with Gasteiger partial charge in [-0.05, 0) is 32.6 Å². The number of nitrogens with zero attached hydrogens (tertiary/aromatic N) is 19. The van der Waals surface area contributed by atoms with Crippen LogP contribution in [0.1, 0.15) is 52.6 Å². The van der Waals surface area contributed by atoms with Gasteiger partial charge in [-0.25, -0.2) is 50.3 Å². The minimum Gasteiger partial charge on any atom is -0.381 e. The highest BCUT2D eigenvalue weighted by molar-refractivity contribution is 8.14. The largest absolute Gasteiger partial charge is 0.381 e. The molecule has 4 fully saturated rings. The van der Waals surface area contributed by atoms with Crippen LogP contribution in [0.3, 0.4) is 0 Å². The highest BCUT2D eigenvalue weighted by atomic mass is 35.5. The third-order valence-electron chi connectivity index (χ3n) is 10.2. The van der Waals surface area contributed by atoms with Crippen LogP contribution in [-0.2, 0) is 35.5 Å². The Morgan fingerprint density at radius 2 is 1.43 bits per heavy atom. The van der Waals surface area contributed by atoms with Crippen molar-refractivity contribution in [1.29, 1.82) is 10.5 Å². The topological polar surface area (TPSA) is 337 Å². The number of rotatable bonds is 15. The maximum absolute atomic E-state index is 10.5. The number of thioether (sulfide) groups is 1. The molecule has 37 heteroatoms. The zero-order chi connectivity index (χ0) is 56.3. The van der Waals surface area contributed by atoms with Crippen LogP contribution in [0.25, 0.3) is 0 Å². The maximum atomic E-state index is 10.5. The summed E-state index contributed by atoms with van der Waals surface area (Å²) in [7, 11) is 3.54. The van der Waals surface area contributed by atoms with Crippen LogP contribution in [0.2, 0.25) is 17.9 Å². The summed E-state index contributed by atoms with van der Waals surface area (Å²) in [6, 6.07) is 0. The van der Waals surface area contributed by atoms with Crippen molar-refractivity contribution in [1.82, 2.24) is 49.8 Å². The Hall–Kier alpha value is -5.72. The lowest BCUT2D eigenvalue weighted by Gasteiger charge is -2.34. The van der Waals surface area contributed by atoms with Gasteiger partial charge >= 0.3 is 0 Å². The zero-order valence-electron chi connectivity index (χ0n) is 41.5. The Morgan fingerprint density at radius 3 is 1.95 bits per heavy atom. The quantitative estimate of drug-likeness (QED) is 0.0394. The SMILES string of the molecule is CC(=NC#N)N(C)Cc1cnc(Cl)s1.CCC(CCc1cnc(Cl)s1)=N[N+](=O)[O-].CN1COCN(Cc2cnc(Cl)s2)C1=N[N+](=O)[O-].N#CN=C1SCCN1Cc1cnc(Cl)s1.O=[N+]([O-])N=C1NCCN1CC1CCOC1. The summed E-state index contributed by atoms with van der Waals surface area (Å²) in [6.45, 7) is 10.7. The Labute approximate surface area is 481 Å². The van der Waals surface area contributed by atoms with Crippen LogP contribution < -0.4 is 5.32 Å². The van der Waals surface area contributed by atoms with E-state index in [1.54, 1.807) is 66.5 Å². The molecule has 4 aromatic heterocycles. The van der Waals surface area contributed by atoms with Crippen LogP contribution in [0.5, 0.6) is 0 Å². The van der Waals surface area contributed by atoms with Gasteiger partial charge in [0.2, 0.25) is 12.4 Å². The van der Waals surface area contributed by atoms with Gasteiger partial charge < -0.3 is 39.3 Å². The molecule has 1 atom stereocenters. The summed E-state index contributed by atoms with van der Waals surface area (Å²) < 4.78 is 12.6. The lowest BCUT2D eigenvalue weighted by Crippen LogP contribution is -2.49. The van der Waals surface area contributed by atoms with Crippen molar-refractivity contribution >= 4 is 132 Å². The maximum Gasteiger partial charge on any atom is 0.277 e. The number of aliphatic imine (C=N–C) groups is 2. The average molecular weight is 1240 g/mol. The summed E-state index contributed by atoms with van der Waals surface area (Å²) >= 11 is 30.0. The summed E-state index contributed by atoms with van der Waals surface area (Å²) in [5.41, 5.74) is 0.588. The average Bonchev–Trinajstić information content (AvgIpc) is 4.26. The first-order valence-corrected chi connectivity index (χ1v) is 28.3.